The number of hydrogen-bond acceptors (Lipinski definition) is 3. The van der Waals surface area contributed by atoms with Crippen molar-refractivity contribution in [3.63, 3.8) is 0 Å². The highest BCUT2D eigenvalue weighted by Gasteiger charge is 2.05. The fourth-order valence-electron chi connectivity index (χ4n) is 0.669. The summed E-state index contributed by atoms with van der Waals surface area (Å²) in [5.41, 5.74) is 0.839. The van der Waals surface area contributed by atoms with Crippen molar-refractivity contribution < 1.29 is 5.11 Å². The second-order valence-corrected chi connectivity index (χ2v) is 2.71. The molecule has 0 aliphatic carbocycles. The maximum absolute atomic E-state index is 9.19. The summed E-state index contributed by atoms with van der Waals surface area (Å²) in [7, 11) is 0. The largest absolute Gasteiger partial charge is 0.387 e. The first kappa shape index (κ1) is 7.26. The van der Waals surface area contributed by atoms with E-state index in [1.165, 1.54) is 11.3 Å². The van der Waals surface area contributed by atoms with Crippen LogP contribution in [0, 0.1) is 11.3 Å². The lowest BCUT2D eigenvalue weighted by Gasteiger charge is -2.00. The van der Waals surface area contributed by atoms with E-state index in [2.05, 4.69) is 0 Å². The minimum Gasteiger partial charge on any atom is -0.387 e. The van der Waals surface area contributed by atoms with Crippen LogP contribution in [-0.4, -0.2) is 5.11 Å². The van der Waals surface area contributed by atoms with Crippen LogP contribution in [0.3, 0.4) is 0 Å². The molecule has 0 saturated carbocycles. The van der Waals surface area contributed by atoms with Gasteiger partial charge in [-0.3, -0.25) is 0 Å². The Hall–Kier alpha value is -0.850. The van der Waals surface area contributed by atoms with Gasteiger partial charge in [0, 0.05) is 0 Å². The van der Waals surface area contributed by atoms with Gasteiger partial charge in [-0.1, -0.05) is 0 Å². The number of hydrogen-bond donors (Lipinski definition) is 1. The Kier molecular flexibility index (Phi) is 2.43. The van der Waals surface area contributed by atoms with Crippen molar-refractivity contribution in [2.45, 2.75) is 12.5 Å². The van der Waals surface area contributed by atoms with Gasteiger partial charge in [-0.2, -0.15) is 16.6 Å². The molecular formula is C7H7NOS. The summed E-state index contributed by atoms with van der Waals surface area (Å²) in [5.74, 6) is 0. The third-order valence-corrected chi connectivity index (χ3v) is 1.91. The van der Waals surface area contributed by atoms with Crippen molar-refractivity contribution in [2.24, 2.45) is 0 Å². The predicted molar refractivity (Wildman–Crippen MR) is 39.5 cm³/mol. The summed E-state index contributed by atoms with van der Waals surface area (Å²) < 4.78 is 0. The van der Waals surface area contributed by atoms with Crippen molar-refractivity contribution in [3.8, 4) is 6.07 Å². The SMILES string of the molecule is N#CCC(O)c1ccsc1. The topological polar surface area (TPSA) is 44.0 Å². The van der Waals surface area contributed by atoms with Gasteiger partial charge in [0.1, 0.15) is 0 Å². The van der Waals surface area contributed by atoms with Gasteiger partial charge in [-0.15, -0.1) is 0 Å². The van der Waals surface area contributed by atoms with Crippen LogP contribution in [0.15, 0.2) is 16.8 Å². The Labute approximate surface area is 63.4 Å². The number of thiophene rings is 1. The zero-order chi connectivity index (χ0) is 7.40. The van der Waals surface area contributed by atoms with Crippen molar-refractivity contribution in [3.05, 3.63) is 22.4 Å². The molecule has 0 amide bonds. The summed E-state index contributed by atoms with van der Waals surface area (Å²) in [6, 6.07) is 3.74. The lowest BCUT2D eigenvalue weighted by molar-refractivity contribution is 0.184. The van der Waals surface area contributed by atoms with Crippen LogP contribution in [0.25, 0.3) is 0 Å². The van der Waals surface area contributed by atoms with E-state index in [4.69, 9.17) is 5.26 Å². The highest BCUT2D eigenvalue weighted by atomic mass is 32.1. The molecule has 0 fully saturated rings. The fourth-order valence-corrected chi connectivity index (χ4v) is 1.38. The van der Waals surface area contributed by atoms with Crippen LogP contribution in [0.4, 0.5) is 0 Å². The second kappa shape index (κ2) is 3.35. The van der Waals surface area contributed by atoms with Gasteiger partial charge in [0.2, 0.25) is 0 Å². The summed E-state index contributed by atoms with van der Waals surface area (Å²) in [6.07, 6.45) is -0.423. The van der Waals surface area contributed by atoms with Gasteiger partial charge < -0.3 is 5.11 Å². The van der Waals surface area contributed by atoms with Crippen LogP contribution in [-0.2, 0) is 0 Å². The molecule has 3 heteroatoms. The predicted octanol–water partition coefficient (Wildman–Crippen LogP) is 1.70. The zero-order valence-corrected chi connectivity index (χ0v) is 6.14. The maximum Gasteiger partial charge on any atom is 0.0927 e. The molecule has 0 spiro atoms. The highest BCUT2D eigenvalue weighted by Crippen LogP contribution is 2.18. The minimum absolute atomic E-state index is 0.177. The van der Waals surface area contributed by atoms with Crippen molar-refractivity contribution in [1.29, 1.82) is 5.26 Å². The molecule has 0 bridgehead atoms. The monoisotopic (exact) mass is 153 g/mol. The lowest BCUT2D eigenvalue weighted by atomic mass is 10.1. The summed E-state index contributed by atoms with van der Waals surface area (Å²) >= 11 is 1.52. The average Bonchev–Trinajstić information content (AvgIpc) is 2.38. The second-order valence-electron chi connectivity index (χ2n) is 1.93. The van der Waals surface area contributed by atoms with Gasteiger partial charge in [0.05, 0.1) is 18.6 Å². The number of rotatable bonds is 2. The normalized spacial score (nSPS) is 12.4. The van der Waals surface area contributed by atoms with Gasteiger partial charge in [0.15, 0.2) is 0 Å². The molecule has 1 rings (SSSR count). The molecule has 0 aromatic carbocycles. The van der Waals surface area contributed by atoms with Crippen LogP contribution in [0.5, 0.6) is 0 Å². The Morgan fingerprint density at radius 2 is 2.60 bits per heavy atom. The van der Waals surface area contributed by atoms with Crippen LogP contribution >= 0.6 is 11.3 Å². The molecule has 0 aliphatic rings. The summed E-state index contributed by atoms with van der Waals surface area (Å²) in [4.78, 5) is 0. The first-order valence-electron chi connectivity index (χ1n) is 2.91. The number of aliphatic hydroxyl groups excluding tert-OH is 1. The molecule has 1 aromatic rings. The van der Waals surface area contributed by atoms with Crippen molar-refractivity contribution in [1.82, 2.24) is 0 Å². The number of nitriles is 1. The van der Waals surface area contributed by atoms with Gasteiger partial charge in [-0.25, -0.2) is 0 Å². The van der Waals surface area contributed by atoms with E-state index in [9.17, 15) is 5.11 Å². The van der Waals surface area contributed by atoms with E-state index in [1.54, 1.807) is 0 Å². The molecule has 1 unspecified atom stereocenters. The molecule has 1 N–H and O–H groups in total. The Morgan fingerprint density at radius 3 is 3.10 bits per heavy atom. The van der Waals surface area contributed by atoms with Crippen molar-refractivity contribution >= 4 is 11.3 Å². The zero-order valence-electron chi connectivity index (χ0n) is 5.32. The van der Waals surface area contributed by atoms with Crippen molar-refractivity contribution in [2.75, 3.05) is 0 Å². The van der Waals surface area contributed by atoms with E-state index in [0.717, 1.165) is 5.56 Å². The van der Waals surface area contributed by atoms with Gasteiger partial charge in [0.25, 0.3) is 0 Å². The molecule has 10 heavy (non-hydrogen) atoms. The van der Waals surface area contributed by atoms with Gasteiger partial charge >= 0.3 is 0 Å². The Balaban J connectivity index is 2.61. The molecule has 1 aromatic heterocycles. The first-order chi connectivity index (χ1) is 4.84. The smallest absolute Gasteiger partial charge is 0.0927 e. The maximum atomic E-state index is 9.19. The summed E-state index contributed by atoms with van der Waals surface area (Å²) in [5, 5.41) is 21.2. The number of aliphatic hydroxyl groups is 1. The minimum atomic E-state index is -0.601. The first-order valence-corrected chi connectivity index (χ1v) is 3.86. The molecule has 0 aliphatic heterocycles. The summed E-state index contributed by atoms with van der Waals surface area (Å²) in [6.45, 7) is 0. The Bertz CT molecular complexity index is 224. The van der Waals surface area contributed by atoms with Gasteiger partial charge in [-0.05, 0) is 22.4 Å². The van der Waals surface area contributed by atoms with Crippen LogP contribution < -0.4 is 0 Å². The quantitative estimate of drug-likeness (QED) is 0.702. The third kappa shape index (κ3) is 1.56. The molecular weight excluding hydrogens is 146 g/mol. The number of nitrogens with zero attached hydrogens (tertiary/aromatic N) is 1. The fraction of sp³-hybridized carbons (Fsp3) is 0.286. The average molecular weight is 153 g/mol. The van der Waals surface area contributed by atoms with Crippen LogP contribution in [0.1, 0.15) is 18.1 Å². The molecule has 2 nitrogen and oxygen atoms in total. The standard InChI is InChI=1S/C7H7NOS/c8-3-1-7(9)6-2-4-10-5-6/h2,4-5,7,9H,1H2. The van der Waals surface area contributed by atoms with E-state index in [-0.39, 0.29) is 6.42 Å². The van der Waals surface area contributed by atoms with E-state index >= 15 is 0 Å². The molecule has 0 radical (unpaired) electrons. The molecule has 52 valence electrons. The Morgan fingerprint density at radius 1 is 1.80 bits per heavy atom. The van der Waals surface area contributed by atoms with E-state index < -0.39 is 6.10 Å². The van der Waals surface area contributed by atoms with E-state index in [1.807, 2.05) is 22.9 Å². The molecule has 0 saturated heterocycles. The third-order valence-electron chi connectivity index (χ3n) is 1.21. The molecule has 1 atom stereocenters. The van der Waals surface area contributed by atoms with Crippen LogP contribution in [0.2, 0.25) is 0 Å². The lowest BCUT2D eigenvalue weighted by Crippen LogP contribution is -1.92. The highest BCUT2D eigenvalue weighted by molar-refractivity contribution is 7.07. The molecule has 1 heterocycles. The van der Waals surface area contributed by atoms with E-state index in [0.29, 0.717) is 0 Å².